The van der Waals surface area contributed by atoms with E-state index in [1.165, 1.54) is 37.8 Å². The average molecular weight is 249 g/mol. The first-order chi connectivity index (χ1) is 8.65. The molecule has 18 heavy (non-hydrogen) atoms. The summed E-state index contributed by atoms with van der Waals surface area (Å²) in [6, 6.07) is 2.91. The molecule has 1 aliphatic carbocycles. The van der Waals surface area contributed by atoms with Gasteiger partial charge in [-0.05, 0) is 51.6 Å². The van der Waals surface area contributed by atoms with Crippen LogP contribution in [0.3, 0.4) is 0 Å². The lowest BCUT2D eigenvalue weighted by molar-refractivity contribution is 0.299. The first kappa shape index (κ1) is 13.6. The van der Waals surface area contributed by atoms with E-state index in [1.54, 1.807) is 0 Å². The van der Waals surface area contributed by atoms with E-state index in [2.05, 4.69) is 41.9 Å². The van der Waals surface area contributed by atoms with Crippen molar-refractivity contribution in [2.24, 2.45) is 5.92 Å². The van der Waals surface area contributed by atoms with Crippen LogP contribution in [0.25, 0.3) is 0 Å². The molecule has 0 saturated heterocycles. The van der Waals surface area contributed by atoms with Crippen molar-refractivity contribution in [1.29, 1.82) is 0 Å². The second-order valence-corrected chi connectivity index (χ2v) is 5.93. The zero-order valence-electron chi connectivity index (χ0n) is 12.1. The maximum atomic E-state index is 4.50. The highest BCUT2D eigenvalue weighted by molar-refractivity contribution is 5.06. The summed E-state index contributed by atoms with van der Waals surface area (Å²) in [5, 5.41) is 8.20. The number of aryl methyl sites for hydroxylation is 3. The lowest BCUT2D eigenvalue weighted by Gasteiger charge is -2.27. The van der Waals surface area contributed by atoms with Gasteiger partial charge in [-0.15, -0.1) is 0 Å². The number of hydrogen-bond acceptors (Lipinski definition) is 2. The molecule has 102 valence electrons. The van der Waals surface area contributed by atoms with Crippen molar-refractivity contribution in [2.45, 2.75) is 65.5 Å². The largest absolute Gasteiger partial charge is 0.314 e. The molecule has 1 aromatic heterocycles. The van der Waals surface area contributed by atoms with Crippen LogP contribution >= 0.6 is 0 Å². The maximum absolute atomic E-state index is 4.50. The molecule has 0 bridgehead atoms. The molecule has 1 fully saturated rings. The Balaban J connectivity index is 1.65. The second kappa shape index (κ2) is 6.37. The van der Waals surface area contributed by atoms with E-state index in [0.717, 1.165) is 30.7 Å². The number of aromatic nitrogens is 2. The van der Waals surface area contributed by atoms with Crippen molar-refractivity contribution >= 4 is 0 Å². The molecule has 0 radical (unpaired) electrons. The molecule has 2 rings (SSSR count). The highest BCUT2D eigenvalue weighted by atomic mass is 15.3. The zero-order valence-corrected chi connectivity index (χ0v) is 12.1. The predicted molar refractivity (Wildman–Crippen MR) is 75.7 cm³/mol. The highest BCUT2D eigenvalue weighted by Gasteiger charge is 2.17. The monoisotopic (exact) mass is 249 g/mol. The Morgan fingerprint density at radius 1 is 1.39 bits per heavy atom. The SMILES string of the molecule is Cc1cc(C)n(CCCNC2CCCC(C)C2)n1. The smallest absolute Gasteiger partial charge is 0.0596 e. The van der Waals surface area contributed by atoms with Gasteiger partial charge in [0.2, 0.25) is 0 Å². The van der Waals surface area contributed by atoms with Gasteiger partial charge >= 0.3 is 0 Å². The number of rotatable bonds is 5. The van der Waals surface area contributed by atoms with E-state index in [1.807, 2.05) is 0 Å². The third-order valence-electron chi connectivity index (χ3n) is 4.02. The number of hydrogen-bond donors (Lipinski definition) is 1. The fourth-order valence-corrected chi connectivity index (χ4v) is 3.06. The minimum atomic E-state index is 0.759. The first-order valence-corrected chi connectivity index (χ1v) is 7.39. The fraction of sp³-hybridized carbons (Fsp3) is 0.800. The van der Waals surface area contributed by atoms with Crippen LogP contribution in [0.1, 0.15) is 50.4 Å². The Morgan fingerprint density at radius 3 is 2.89 bits per heavy atom. The maximum Gasteiger partial charge on any atom is 0.0596 e. The van der Waals surface area contributed by atoms with Gasteiger partial charge in [0.1, 0.15) is 0 Å². The van der Waals surface area contributed by atoms with E-state index in [4.69, 9.17) is 0 Å². The molecule has 2 atom stereocenters. The summed E-state index contributed by atoms with van der Waals surface area (Å²) >= 11 is 0. The zero-order chi connectivity index (χ0) is 13.0. The van der Waals surface area contributed by atoms with Crippen LogP contribution < -0.4 is 5.32 Å². The average Bonchev–Trinajstić information content (AvgIpc) is 2.64. The molecule has 0 amide bonds. The van der Waals surface area contributed by atoms with E-state index in [-0.39, 0.29) is 0 Å². The van der Waals surface area contributed by atoms with Crippen molar-refractivity contribution in [3.8, 4) is 0 Å². The summed E-state index contributed by atoms with van der Waals surface area (Å²) in [6.07, 6.45) is 6.72. The van der Waals surface area contributed by atoms with Crippen LogP contribution in [0.2, 0.25) is 0 Å². The van der Waals surface area contributed by atoms with Crippen molar-refractivity contribution < 1.29 is 0 Å². The Labute approximate surface area is 111 Å². The normalized spacial score (nSPS) is 24.4. The van der Waals surface area contributed by atoms with E-state index < -0.39 is 0 Å². The molecular weight excluding hydrogens is 222 g/mol. The van der Waals surface area contributed by atoms with Crippen LogP contribution in [0.5, 0.6) is 0 Å². The Kier molecular flexibility index (Phi) is 4.81. The van der Waals surface area contributed by atoms with Crippen LogP contribution in [0, 0.1) is 19.8 Å². The molecule has 0 spiro atoms. The van der Waals surface area contributed by atoms with E-state index >= 15 is 0 Å². The topological polar surface area (TPSA) is 29.9 Å². The molecule has 1 aromatic rings. The van der Waals surface area contributed by atoms with Gasteiger partial charge in [0, 0.05) is 18.3 Å². The molecular formula is C15H27N3. The number of nitrogens with zero attached hydrogens (tertiary/aromatic N) is 2. The third kappa shape index (κ3) is 3.84. The number of nitrogens with one attached hydrogen (secondary N) is 1. The first-order valence-electron chi connectivity index (χ1n) is 7.39. The lowest BCUT2D eigenvalue weighted by atomic mass is 9.87. The Morgan fingerprint density at radius 2 is 2.22 bits per heavy atom. The highest BCUT2D eigenvalue weighted by Crippen LogP contribution is 2.23. The summed E-state index contributed by atoms with van der Waals surface area (Å²) in [4.78, 5) is 0. The van der Waals surface area contributed by atoms with Crippen LogP contribution in [0.15, 0.2) is 6.07 Å². The van der Waals surface area contributed by atoms with Gasteiger partial charge in [-0.3, -0.25) is 4.68 Å². The van der Waals surface area contributed by atoms with E-state index in [0.29, 0.717) is 0 Å². The minimum Gasteiger partial charge on any atom is -0.314 e. The molecule has 1 N–H and O–H groups in total. The van der Waals surface area contributed by atoms with Crippen molar-refractivity contribution in [2.75, 3.05) is 6.54 Å². The quantitative estimate of drug-likeness (QED) is 0.813. The van der Waals surface area contributed by atoms with E-state index in [9.17, 15) is 0 Å². The third-order valence-corrected chi connectivity index (χ3v) is 4.02. The molecule has 0 aromatic carbocycles. The summed E-state index contributed by atoms with van der Waals surface area (Å²) in [6.45, 7) is 8.73. The van der Waals surface area contributed by atoms with Gasteiger partial charge in [0.05, 0.1) is 5.69 Å². The molecule has 1 heterocycles. The Bertz CT molecular complexity index is 370. The van der Waals surface area contributed by atoms with Gasteiger partial charge < -0.3 is 5.32 Å². The van der Waals surface area contributed by atoms with Crippen LogP contribution in [-0.2, 0) is 6.54 Å². The molecule has 3 heteroatoms. The molecule has 3 nitrogen and oxygen atoms in total. The van der Waals surface area contributed by atoms with Gasteiger partial charge in [-0.2, -0.15) is 5.10 Å². The minimum absolute atomic E-state index is 0.759. The van der Waals surface area contributed by atoms with Crippen molar-refractivity contribution in [3.05, 3.63) is 17.5 Å². The van der Waals surface area contributed by atoms with Gasteiger partial charge in [0.25, 0.3) is 0 Å². The molecule has 0 aliphatic heterocycles. The summed E-state index contributed by atoms with van der Waals surface area (Å²) in [5.41, 5.74) is 2.40. The van der Waals surface area contributed by atoms with Crippen molar-refractivity contribution in [3.63, 3.8) is 0 Å². The van der Waals surface area contributed by atoms with Gasteiger partial charge in [0.15, 0.2) is 0 Å². The molecule has 1 aliphatic rings. The fourth-order valence-electron chi connectivity index (χ4n) is 3.06. The van der Waals surface area contributed by atoms with Crippen molar-refractivity contribution in [1.82, 2.24) is 15.1 Å². The molecule has 2 unspecified atom stereocenters. The lowest BCUT2D eigenvalue weighted by Crippen LogP contribution is -2.34. The standard InChI is InChI=1S/C15H27N3/c1-12-6-4-7-15(10-12)16-8-5-9-18-14(3)11-13(2)17-18/h11-12,15-16H,4-10H2,1-3H3. The molecule has 1 saturated carbocycles. The summed E-state index contributed by atoms with van der Waals surface area (Å²) < 4.78 is 2.13. The van der Waals surface area contributed by atoms with Crippen LogP contribution in [0.4, 0.5) is 0 Å². The predicted octanol–water partition coefficient (Wildman–Crippen LogP) is 3.06. The van der Waals surface area contributed by atoms with Gasteiger partial charge in [-0.25, -0.2) is 0 Å². The summed E-state index contributed by atoms with van der Waals surface area (Å²) in [7, 11) is 0. The van der Waals surface area contributed by atoms with Crippen LogP contribution in [-0.4, -0.2) is 22.4 Å². The van der Waals surface area contributed by atoms with Gasteiger partial charge in [-0.1, -0.05) is 19.8 Å². The Hall–Kier alpha value is -0.830. The second-order valence-electron chi connectivity index (χ2n) is 5.93. The summed E-state index contributed by atoms with van der Waals surface area (Å²) in [5.74, 6) is 0.909.